The Morgan fingerprint density at radius 3 is 2.36 bits per heavy atom. The zero-order valence-electron chi connectivity index (χ0n) is 9.15. The van der Waals surface area contributed by atoms with E-state index in [1.165, 1.54) is 27.8 Å². The Balaban J connectivity index is 2.47. The van der Waals surface area contributed by atoms with Gasteiger partial charge >= 0.3 is 0 Å². The highest BCUT2D eigenvalue weighted by Gasteiger charge is 2.09. The van der Waals surface area contributed by atoms with Crippen molar-refractivity contribution in [1.82, 2.24) is 5.32 Å². The molecule has 1 aliphatic heterocycles. The standard InChI is InChI=1S/C13H17N/c1-9-6-11(3)13(7-10(9)2)12-4-5-14-8-12/h4,6-7,14H,5,8H2,1-3H3. The van der Waals surface area contributed by atoms with Crippen LogP contribution in [0.4, 0.5) is 0 Å². The fourth-order valence-electron chi connectivity index (χ4n) is 1.99. The molecule has 1 heteroatoms. The molecule has 1 aromatic carbocycles. The number of hydrogen-bond acceptors (Lipinski definition) is 1. The van der Waals surface area contributed by atoms with Gasteiger partial charge in [0.2, 0.25) is 0 Å². The van der Waals surface area contributed by atoms with Crippen molar-refractivity contribution in [3.63, 3.8) is 0 Å². The molecule has 0 saturated heterocycles. The molecule has 1 N–H and O–H groups in total. The molecule has 2 rings (SSSR count). The van der Waals surface area contributed by atoms with E-state index in [1.807, 2.05) is 0 Å². The monoisotopic (exact) mass is 187 g/mol. The molecular formula is C13H17N. The van der Waals surface area contributed by atoms with Gasteiger partial charge in [-0.15, -0.1) is 0 Å². The van der Waals surface area contributed by atoms with Gasteiger partial charge < -0.3 is 5.32 Å². The molecule has 1 heterocycles. The van der Waals surface area contributed by atoms with Crippen LogP contribution in [0.1, 0.15) is 22.3 Å². The van der Waals surface area contributed by atoms with Crippen molar-refractivity contribution in [1.29, 1.82) is 0 Å². The molecule has 1 nitrogen and oxygen atoms in total. The lowest BCUT2D eigenvalue weighted by Crippen LogP contribution is -2.08. The highest BCUT2D eigenvalue weighted by molar-refractivity contribution is 5.72. The number of nitrogens with one attached hydrogen (secondary N) is 1. The maximum absolute atomic E-state index is 3.34. The van der Waals surface area contributed by atoms with Crippen LogP contribution in [0.25, 0.3) is 5.57 Å². The topological polar surface area (TPSA) is 12.0 Å². The van der Waals surface area contributed by atoms with E-state index in [9.17, 15) is 0 Å². The summed E-state index contributed by atoms with van der Waals surface area (Å²) in [5.74, 6) is 0. The van der Waals surface area contributed by atoms with Crippen LogP contribution >= 0.6 is 0 Å². The maximum atomic E-state index is 3.34. The van der Waals surface area contributed by atoms with Gasteiger partial charge in [0.15, 0.2) is 0 Å². The van der Waals surface area contributed by atoms with Crippen LogP contribution < -0.4 is 5.32 Å². The molecule has 0 aromatic heterocycles. The minimum atomic E-state index is 1.02. The number of aryl methyl sites for hydroxylation is 3. The third kappa shape index (κ3) is 1.60. The fourth-order valence-corrected chi connectivity index (χ4v) is 1.99. The molecule has 74 valence electrons. The van der Waals surface area contributed by atoms with Gasteiger partial charge in [-0.05, 0) is 48.6 Å². The van der Waals surface area contributed by atoms with Crippen LogP contribution in [-0.4, -0.2) is 13.1 Å². The van der Waals surface area contributed by atoms with Crippen LogP contribution in [0.2, 0.25) is 0 Å². The minimum Gasteiger partial charge on any atom is -0.309 e. The predicted molar refractivity (Wildman–Crippen MR) is 61.5 cm³/mol. The Hall–Kier alpha value is -1.08. The first-order chi connectivity index (χ1) is 6.68. The van der Waals surface area contributed by atoms with Gasteiger partial charge in [0.05, 0.1) is 0 Å². The average Bonchev–Trinajstić information content (AvgIpc) is 2.64. The second kappa shape index (κ2) is 3.58. The van der Waals surface area contributed by atoms with Crippen molar-refractivity contribution in [2.45, 2.75) is 20.8 Å². The molecule has 0 fully saturated rings. The third-order valence-corrected chi connectivity index (χ3v) is 2.99. The lowest BCUT2D eigenvalue weighted by Gasteiger charge is -2.10. The van der Waals surface area contributed by atoms with E-state index in [2.05, 4.69) is 44.3 Å². The van der Waals surface area contributed by atoms with E-state index in [4.69, 9.17) is 0 Å². The fraction of sp³-hybridized carbons (Fsp3) is 0.385. The summed E-state index contributed by atoms with van der Waals surface area (Å²) in [5, 5.41) is 3.34. The molecule has 14 heavy (non-hydrogen) atoms. The number of benzene rings is 1. The summed E-state index contributed by atoms with van der Waals surface area (Å²) >= 11 is 0. The van der Waals surface area contributed by atoms with E-state index in [0.717, 1.165) is 13.1 Å². The maximum Gasteiger partial charge on any atom is 0.0211 e. The molecule has 1 aromatic rings. The second-order valence-electron chi connectivity index (χ2n) is 4.11. The minimum absolute atomic E-state index is 1.02. The number of rotatable bonds is 1. The molecule has 0 saturated carbocycles. The van der Waals surface area contributed by atoms with Crippen LogP contribution in [0, 0.1) is 20.8 Å². The molecule has 0 radical (unpaired) electrons. The van der Waals surface area contributed by atoms with Gasteiger partial charge in [-0.3, -0.25) is 0 Å². The lowest BCUT2D eigenvalue weighted by molar-refractivity contribution is 0.897. The Kier molecular flexibility index (Phi) is 2.42. The normalized spacial score (nSPS) is 15.8. The second-order valence-corrected chi connectivity index (χ2v) is 4.11. The quantitative estimate of drug-likeness (QED) is 0.712. The Morgan fingerprint density at radius 2 is 1.71 bits per heavy atom. The lowest BCUT2D eigenvalue weighted by atomic mass is 9.96. The highest BCUT2D eigenvalue weighted by atomic mass is 14.9. The van der Waals surface area contributed by atoms with Crippen molar-refractivity contribution >= 4 is 5.57 Å². The summed E-state index contributed by atoms with van der Waals surface area (Å²) < 4.78 is 0. The van der Waals surface area contributed by atoms with E-state index in [-0.39, 0.29) is 0 Å². The van der Waals surface area contributed by atoms with Crippen LogP contribution in [0.5, 0.6) is 0 Å². The van der Waals surface area contributed by atoms with Crippen molar-refractivity contribution in [3.8, 4) is 0 Å². The van der Waals surface area contributed by atoms with Gasteiger partial charge in [0.25, 0.3) is 0 Å². The Bertz CT molecular complexity index is 388. The van der Waals surface area contributed by atoms with Crippen molar-refractivity contribution < 1.29 is 0 Å². The van der Waals surface area contributed by atoms with Gasteiger partial charge in [-0.25, -0.2) is 0 Å². The van der Waals surface area contributed by atoms with E-state index in [1.54, 1.807) is 0 Å². The highest BCUT2D eigenvalue weighted by Crippen LogP contribution is 2.23. The summed E-state index contributed by atoms with van der Waals surface area (Å²) in [5.41, 5.74) is 7.03. The van der Waals surface area contributed by atoms with Gasteiger partial charge in [-0.1, -0.05) is 18.2 Å². The molecule has 1 aliphatic rings. The zero-order valence-corrected chi connectivity index (χ0v) is 9.15. The zero-order chi connectivity index (χ0) is 10.1. The van der Waals surface area contributed by atoms with Gasteiger partial charge in [0.1, 0.15) is 0 Å². The summed E-state index contributed by atoms with van der Waals surface area (Å²) in [7, 11) is 0. The molecular weight excluding hydrogens is 170 g/mol. The van der Waals surface area contributed by atoms with Crippen LogP contribution in [-0.2, 0) is 0 Å². The molecule has 0 unspecified atom stereocenters. The molecule has 0 bridgehead atoms. The van der Waals surface area contributed by atoms with Crippen LogP contribution in [0.3, 0.4) is 0 Å². The van der Waals surface area contributed by atoms with Crippen LogP contribution in [0.15, 0.2) is 18.2 Å². The van der Waals surface area contributed by atoms with Gasteiger partial charge in [-0.2, -0.15) is 0 Å². The first kappa shape index (κ1) is 9.47. The SMILES string of the molecule is Cc1cc(C)c(C2=CCNC2)cc1C. The first-order valence-electron chi connectivity index (χ1n) is 5.16. The number of hydrogen-bond donors (Lipinski definition) is 1. The molecule has 0 amide bonds. The van der Waals surface area contributed by atoms with Gasteiger partial charge in [0, 0.05) is 13.1 Å². The van der Waals surface area contributed by atoms with Crippen molar-refractivity contribution in [3.05, 3.63) is 40.5 Å². The van der Waals surface area contributed by atoms with E-state index in [0.29, 0.717) is 0 Å². The van der Waals surface area contributed by atoms with E-state index < -0.39 is 0 Å². The summed E-state index contributed by atoms with van der Waals surface area (Å²) in [6.07, 6.45) is 2.29. The largest absolute Gasteiger partial charge is 0.309 e. The van der Waals surface area contributed by atoms with Crippen molar-refractivity contribution in [2.75, 3.05) is 13.1 Å². The Morgan fingerprint density at radius 1 is 1.00 bits per heavy atom. The third-order valence-electron chi connectivity index (χ3n) is 2.99. The molecule has 0 spiro atoms. The molecule has 0 atom stereocenters. The molecule has 0 aliphatic carbocycles. The average molecular weight is 187 g/mol. The van der Waals surface area contributed by atoms with E-state index >= 15 is 0 Å². The first-order valence-corrected chi connectivity index (χ1v) is 5.16. The summed E-state index contributed by atoms with van der Waals surface area (Å²) in [6, 6.07) is 4.59. The summed E-state index contributed by atoms with van der Waals surface area (Å²) in [6.45, 7) is 8.58. The predicted octanol–water partition coefficient (Wildman–Crippen LogP) is 2.60. The van der Waals surface area contributed by atoms with Crippen molar-refractivity contribution in [2.24, 2.45) is 0 Å². The summed E-state index contributed by atoms with van der Waals surface area (Å²) in [4.78, 5) is 0. The smallest absolute Gasteiger partial charge is 0.0211 e. The Labute approximate surface area is 85.8 Å².